The molecule has 6 heteroatoms. The second-order valence-corrected chi connectivity index (χ2v) is 7.60. The quantitative estimate of drug-likeness (QED) is 0.745. The van der Waals surface area contributed by atoms with Crippen LogP contribution in [0.5, 0.6) is 0 Å². The number of aromatic nitrogens is 1. The van der Waals surface area contributed by atoms with Crippen molar-refractivity contribution in [1.29, 1.82) is 0 Å². The molecule has 0 aliphatic carbocycles. The van der Waals surface area contributed by atoms with Crippen LogP contribution in [0.4, 0.5) is 5.69 Å². The van der Waals surface area contributed by atoms with Crippen LogP contribution in [0, 0.1) is 6.92 Å². The van der Waals surface area contributed by atoms with Gasteiger partial charge in [-0.15, -0.1) is 22.7 Å². The lowest BCUT2D eigenvalue weighted by Gasteiger charge is -2.13. The monoisotopic (exact) mass is 357 g/mol. The summed E-state index contributed by atoms with van der Waals surface area (Å²) >= 11 is 3.08. The van der Waals surface area contributed by atoms with E-state index in [0.717, 1.165) is 26.8 Å². The molecule has 3 aromatic rings. The van der Waals surface area contributed by atoms with Crippen LogP contribution < -0.4 is 10.2 Å². The van der Waals surface area contributed by atoms with Crippen molar-refractivity contribution in [3.63, 3.8) is 0 Å². The van der Waals surface area contributed by atoms with Crippen LogP contribution in [0.15, 0.2) is 41.8 Å². The van der Waals surface area contributed by atoms with Crippen LogP contribution in [0.3, 0.4) is 0 Å². The van der Waals surface area contributed by atoms with Crippen molar-refractivity contribution in [3.8, 4) is 9.88 Å². The van der Waals surface area contributed by atoms with Crippen molar-refractivity contribution < 1.29 is 4.79 Å². The topological polar surface area (TPSA) is 45.2 Å². The van der Waals surface area contributed by atoms with Crippen LogP contribution in [0.1, 0.15) is 20.9 Å². The summed E-state index contributed by atoms with van der Waals surface area (Å²) in [7, 11) is 4.01. The smallest absolute Gasteiger partial charge is 0.263 e. The summed E-state index contributed by atoms with van der Waals surface area (Å²) in [4.78, 5) is 20.8. The Kier molecular flexibility index (Phi) is 4.97. The zero-order chi connectivity index (χ0) is 17.1. The van der Waals surface area contributed by atoms with E-state index in [-0.39, 0.29) is 5.91 Å². The van der Waals surface area contributed by atoms with Gasteiger partial charge in [0, 0.05) is 26.3 Å². The lowest BCUT2D eigenvalue weighted by Crippen LogP contribution is -2.22. The van der Waals surface area contributed by atoms with E-state index in [0.29, 0.717) is 11.4 Å². The minimum Gasteiger partial charge on any atom is -0.378 e. The summed E-state index contributed by atoms with van der Waals surface area (Å²) in [5.41, 5.74) is 2.98. The summed E-state index contributed by atoms with van der Waals surface area (Å²) < 4.78 is 0. The molecule has 1 aromatic carbocycles. The van der Waals surface area contributed by atoms with Crippen molar-refractivity contribution in [2.45, 2.75) is 13.5 Å². The fourth-order valence-electron chi connectivity index (χ4n) is 2.32. The predicted octanol–water partition coefficient (Wildman–Crippen LogP) is 4.18. The number of thiophene rings is 1. The normalized spacial score (nSPS) is 10.6. The molecule has 0 saturated heterocycles. The molecule has 4 nitrogen and oxygen atoms in total. The number of amides is 1. The first-order valence-corrected chi connectivity index (χ1v) is 9.30. The van der Waals surface area contributed by atoms with E-state index in [1.165, 1.54) is 11.3 Å². The minimum absolute atomic E-state index is 0.0666. The summed E-state index contributed by atoms with van der Waals surface area (Å²) in [6.07, 6.45) is 0. The van der Waals surface area contributed by atoms with Gasteiger partial charge in [0.05, 0.1) is 10.6 Å². The largest absolute Gasteiger partial charge is 0.378 e. The van der Waals surface area contributed by atoms with Gasteiger partial charge in [0.25, 0.3) is 5.91 Å². The van der Waals surface area contributed by atoms with Gasteiger partial charge >= 0.3 is 0 Å². The molecule has 0 fully saturated rings. The maximum atomic E-state index is 12.5. The fourth-order valence-corrected chi connectivity index (χ4v) is 4.10. The highest BCUT2D eigenvalue weighted by Crippen LogP contribution is 2.31. The number of rotatable bonds is 5. The number of carbonyl (C=O) groups excluding carboxylic acids is 1. The van der Waals surface area contributed by atoms with Crippen molar-refractivity contribution >= 4 is 34.3 Å². The molecule has 0 spiro atoms. The Labute approximate surface area is 149 Å². The third kappa shape index (κ3) is 3.66. The Bertz CT molecular complexity index is 838. The van der Waals surface area contributed by atoms with Crippen molar-refractivity contribution in [2.24, 2.45) is 0 Å². The molecule has 24 heavy (non-hydrogen) atoms. The molecule has 1 amide bonds. The van der Waals surface area contributed by atoms with Gasteiger partial charge in [-0.2, -0.15) is 0 Å². The number of nitrogens with zero attached hydrogens (tertiary/aromatic N) is 2. The van der Waals surface area contributed by atoms with Gasteiger partial charge in [0.1, 0.15) is 9.88 Å². The summed E-state index contributed by atoms with van der Waals surface area (Å²) in [6, 6.07) is 12.2. The van der Waals surface area contributed by atoms with Gasteiger partial charge in [-0.3, -0.25) is 4.79 Å². The van der Waals surface area contributed by atoms with Gasteiger partial charge in [0.2, 0.25) is 0 Å². The molecule has 0 unspecified atom stereocenters. The number of anilines is 1. The molecule has 0 atom stereocenters. The Morgan fingerprint density at radius 3 is 2.79 bits per heavy atom. The fraction of sp³-hybridized carbons (Fsp3) is 0.222. The SMILES string of the molecule is Cc1nc(-c2cccs2)sc1C(=O)NCc1cccc(N(C)C)c1. The predicted molar refractivity (Wildman–Crippen MR) is 102 cm³/mol. The van der Waals surface area contributed by atoms with Crippen molar-refractivity contribution in [1.82, 2.24) is 10.3 Å². The Balaban J connectivity index is 1.70. The number of aryl methyl sites for hydroxylation is 1. The number of carbonyl (C=O) groups is 1. The molecule has 0 bridgehead atoms. The molecular weight excluding hydrogens is 338 g/mol. The highest BCUT2D eigenvalue weighted by atomic mass is 32.1. The molecule has 0 radical (unpaired) electrons. The Hall–Kier alpha value is -2.18. The summed E-state index contributed by atoms with van der Waals surface area (Å²) in [6.45, 7) is 2.39. The van der Waals surface area contributed by atoms with Crippen LogP contribution >= 0.6 is 22.7 Å². The van der Waals surface area contributed by atoms with Crippen LogP contribution in [0.2, 0.25) is 0 Å². The summed E-state index contributed by atoms with van der Waals surface area (Å²) in [5.74, 6) is -0.0666. The van der Waals surface area contributed by atoms with Gasteiger partial charge in [-0.1, -0.05) is 18.2 Å². The second kappa shape index (κ2) is 7.15. The number of benzene rings is 1. The van der Waals surface area contributed by atoms with E-state index in [2.05, 4.69) is 16.4 Å². The zero-order valence-corrected chi connectivity index (χ0v) is 15.5. The molecule has 1 N–H and O–H groups in total. The van der Waals surface area contributed by atoms with Gasteiger partial charge in [-0.25, -0.2) is 4.98 Å². The van der Waals surface area contributed by atoms with Crippen LogP contribution in [0.25, 0.3) is 9.88 Å². The molecule has 0 saturated carbocycles. The van der Waals surface area contributed by atoms with Crippen molar-refractivity contribution in [3.05, 3.63) is 57.9 Å². The second-order valence-electron chi connectivity index (χ2n) is 5.66. The Morgan fingerprint density at radius 2 is 2.08 bits per heavy atom. The number of hydrogen-bond donors (Lipinski definition) is 1. The first-order chi connectivity index (χ1) is 11.5. The van der Waals surface area contributed by atoms with E-state index in [4.69, 9.17) is 0 Å². The average molecular weight is 358 g/mol. The molecule has 0 aliphatic rings. The van der Waals surface area contributed by atoms with E-state index >= 15 is 0 Å². The first-order valence-electron chi connectivity index (χ1n) is 7.60. The number of hydrogen-bond acceptors (Lipinski definition) is 5. The van der Waals surface area contributed by atoms with Gasteiger partial charge in [0.15, 0.2) is 0 Å². The lowest BCUT2D eigenvalue weighted by atomic mass is 10.2. The standard InChI is InChI=1S/C18H19N3OS2/c1-12-16(24-18(20-12)15-8-5-9-23-15)17(22)19-11-13-6-4-7-14(10-13)21(2)3/h4-10H,11H2,1-3H3,(H,19,22). The molecule has 3 rings (SSSR count). The van der Waals surface area contributed by atoms with Gasteiger partial charge < -0.3 is 10.2 Å². The average Bonchev–Trinajstić information content (AvgIpc) is 3.22. The maximum absolute atomic E-state index is 12.5. The third-order valence-electron chi connectivity index (χ3n) is 3.61. The molecule has 2 heterocycles. The molecule has 2 aromatic heterocycles. The highest BCUT2D eigenvalue weighted by molar-refractivity contribution is 7.22. The van der Waals surface area contributed by atoms with Gasteiger partial charge in [-0.05, 0) is 36.1 Å². The van der Waals surface area contributed by atoms with Crippen molar-refractivity contribution in [2.75, 3.05) is 19.0 Å². The molecule has 0 aliphatic heterocycles. The van der Waals surface area contributed by atoms with E-state index in [1.807, 2.05) is 61.6 Å². The summed E-state index contributed by atoms with van der Waals surface area (Å²) in [5, 5.41) is 5.92. The molecule has 124 valence electrons. The van der Waals surface area contributed by atoms with E-state index in [9.17, 15) is 4.79 Å². The highest BCUT2D eigenvalue weighted by Gasteiger charge is 2.16. The number of nitrogens with one attached hydrogen (secondary N) is 1. The van der Waals surface area contributed by atoms with Crippen LogP contribution in [-0.2, 0) is 6.54 Å². The minimum atomic E-state index is -0.0666. The first kappa shape index (κ1) is 16.7. The van der Waals surface area contributed by atoms with E-state index < -0.39 is 0 Å². The molecular formula is C18H19N3OS2. The maximum Gasteiger partial charge on any atom is 0.263 e. The lowest BCUT2D eigenvalue weighted by molar-refractivity contribution is 0.0954. The zero-order valence-electron chi connectivity index (χ0n) is 13.9. The number of thiazole rings is 1. The third-order valence-corrected chi connectivity index (χ3v) is 5.81. The van der Waals surface area contributed by atoms with E-state index in [1.54, 1.807) is 11.3 Å². The Morgan fingerprint density at radius 1 is 1.25 bits per heavy atom. The van der Waals surface area contributed by atoms with Crippen LogP contribution in [-0.4, -0.2) is 25.0 Å².